The van der Waals surface area contributed by atoms with Crippen LogP contribution < -0.4 is 5.32 Å². The number of ether oxygens (including phenoxy) is 2. The third kappa shape index (κ3) is 6.27. The third-order valence-electron chi connectivity index (χ3n) is 7.70. The second-order valence-corrected chi connectivity index (χ2v) is 13.6. The molecule has 3 amide bonds. The van der Waals surface area contributed by atoms with Crippen LogP contribution in [-0.2, 0) is 32.5 Å². The Morgan fingerprint density at radius 1 is 1.07 bits per heavy atom. The van der Waals surface area contributed by atoms with Crippen LogP contribution in [0.5, 0.6) is 0 Å². The van der Waals surface area contributed by atoms with Crippen molar-refractivity contribution in [1.29, 1.82) is 0 Å². The van der Waals surface area contributed by atoms with Gasteiger partial charge in [0.15, 0.2) is 0 Å². The number of thiophene rings is 1. The lowest BCUT2D eigenvalue weighted by atomic mass is 10.0. The predicted octanol–water partition coefficient (Wildman–Crippen LogP) is 3.41. The Labute approximate surface area is 244 Å². The Hall–Kier alpha value is -3.00. The summed E-state index contributed by atoms with van der Waals surface area (Å²) in [7, 11) is -3.64. The number of amides is 3. The summed E-state index contributed by atoms with van der Waals surface area (Å²) in [5.74, 6) is -0.320. The quantitative estimate of drug-likeness (QED) is 0.536. The number of carbonyl (C=O) groups is 3. The van der Waals surface area contributed by atoms with Gasteiger partial charge >= 0.3 is 6.09 Å². The Morgan fingerprint density at radius 3 is 2.49 bits per heavy atom. The van der Waals surface area contributed by atoms with Crippen LogP contribution >= 0.6 is 11.3 Å². The molecule has 222 valence electrons. The first-order chi connectivity index (χ1) is 19.7. The van der Waals surface area contributed by atoms with Crippen molar-refractivity contribution in [2.75, 3.05) is 57.9 Å². The molecule has 0 saturated carbocycles. The van der Waals surface area contributed by atoms with Crippen molar-refractivity contribution in [3.8, 4) is 0 Å². The van der Waals surface area contributed by atoms with Crippen molar-refractivity contribution >= 4 is 44.3 Å². The Kier molecular flexibility index (Phi) is 8.97. The molecule has 1 N–H and O–H groups in total. The molecule has 0 aliphatic carbocycles. The second-order valence-electron chi connectivity index (χ2n) is 10.6. The summed E-state index contributed by atoms with van der Waals surface area (Å²) in [6.07, 6.45) is 1.89. The fourth-order valence-corrected chi connectivity index (χ4v) is 8.33. The largest absolute Gasteiger partial charge is 0.450 e. The maximum absolute atomic E-state index is 13.7. The Morgan fingerprint density at radius 2 is 1.80 bits per heavy atom. The number of nitrogens with one attached hydrogen (secondary N) is 1. The van der Waals surface area contributed by atoms with Gasteiger partial charge < -0.3 is 24.6 Å². The van der Waals surface area contributed by atoms with Gasteiger partial charge in [0.05, 0.1) is 36.8 Å². The molecule has 2 saturated heterocycles. The molecule has 1 aromatic heterocycles. The van der Waals surface area contributed by atoms with Crippen LogP contribution in [0.2, 0.25) is 0 Å². The molecule has 1 unspecified atom stereocenters. The van der Waals surface area contributed by atoms with Gasteiger partial charge in [-0.05, 0) is 61.9 Å². The molecule has 0 spiro atoms. The standard InChI is InChI=1S/C28H36N4O7S2/c1-3-39-28(35)31-12-10-22-23(18-31)40-26(24(22)27(34)30-13-15-38-16-14-30)29-25(33)20-6-8-21(9-7-20)41(36,37)32-11-4-5-19(2)17-32/h6-9,19H,3-5,10-18H2,1-2H3,(H,29,33). The average Bonchev–Trinajstić information content (AvgIpc) is 3.34. The molecule has 2 aromatic rings. The minimum atomic E-state index is -3.64. The molecule has 0 radical (unpaired) electrons. The number of hydrogen-bond donors (Lipinski definition) is 1. The summed E-state index contributed by atoms with van der Waals surface area (Å²) in [5, 5.41) is 3.32. The number of hydrogen-bond acceptors (Lipinski definition) is 8. The number of anilines is 1. The number of sulfonamides is 1. The van der Waals surface area contributed by atoms with Crippen molar-refractivity contribution in [2.45, 2.75) is 44.6 Å². The predicted molar refractivity (Wildman–Crippen MR) is 154 cm³/mol. The number of rotatable bonds is 6. The van der Waals surface area contributed by atoms with Crippen LogP contribution in [0.15, 0.2) is 29.2 Å². The highest BCUT2D eigenvalue weighted by molar-refractivity contribution is 7.89. The molecule has 1 atom stereocenters. The Bertz CT molecular complexity index is 1400. The summed E-state index contributed by atoms with van der Waals surface area (Å²) in [6, 6.07) is 5.91. The number of benzene rings is 1. The molecule has 1 aromatic carbocycles. The van der Waals surface area contributed by atoms with Crippen molar-refractivity contribution < 1.29 is 32.3 Å². The zero-order chi connectivity index (χ0) is 29.1. The van der Waals surface area contributed by atoms with E-state index in [1.165, 1.54) is 39.9 Å². The highest BCUT2D eigenvalue weighted by atomic mass is 32.2. The van der Waals surface area contributed by atoms with Crippen LogP contribution in [0.4, 0.5) is 9.80 Å². The molecule has 41 heavy (non-hydrogen) atoms. The molecule has 3 aliphatic rings. The zero-order valence-corrected chi connectivity index (χ0v) is 25.0. The molecule has 5 rings (SSSR count). The summed E-state index contributed by atoms with van der Waals surface area (Å²) >= 11 is 1.28. The molecule has 4 heterocycles. The maximum Gasteiger partial charge on any atom is 0.410 e. The lowest BCUT2D eigenvalue weighted by molar-refractivity contribution is 0.0303. The van der Waals surface area contributed by atoms with Gasteiger partial charge in [-0.15, -0.1) is 11.3 Å². The second kappa shape index (κ2) is 12.5. The molecular formula is C28H36N4O7S2. The van der Waals surface area contributed by atoms with E-state index >= 15 is 0 Å². The van der Waals surface area contributed by atoms with E-state index in [1.54, 1.807) is 16.7 Å². The Balaban J connectivity index is 1.38. The first kappa shape index (κ1) is 29.5. The van der Waals surface area contributed by atoms with Crippen molar-refractivity contribution in [1.82, 2.24) is 14.1 Å². The molecule has 0 bridgehead atoms. The van der Waals surface area contributed by atoms with E-state index in [4.69, 9.17) is 9.47 Å². The number of nitrogens with zero attached hydrogens (tertiary/aromatic N) is 3. The summed E-state index contributed by atoms with van der Waals surface area (Å²) in [5.41, 5.74) is 1.56. The van der Waals surface area contributed by atoms with Crippen LogP contribution in [-0.4, -0.2) is 93.0 Å². The summed E-state index contributed by atoms with van der Waals surface area (Å²) in [4.78, 5) is 43.7. The number of piperidine rings is 1. The monoisotopic (exact) mass is 604 g/mol. The minimum absolute atomic E-state index is 0.150. The van der Waals surface area contributed by atoms with E-state index < -0.39 is 22.0 Å². The van der Waals surface area contributed by atoms with Gasteiger partial charge in [0.2, 0.25) is 10.0 Å². The fourth-order valence-electron chi connectivity index (χ4n) is 5.48. The van der Waals surface area contributed by atoms with E-state index in [0.29, 0.717) is 75.4 Å². The highest BCUT2D eigenvalue weighted by Gasteiger charge is 2.34. The number of carbonyl (C=O) groups excluding carboxylic acids is 3. The van der Waals surface area contributed by atoms with E-state index in [2.05, 4.69) is 5.32 Å². The van der Waals surface area contributed by atoms with Gasteiger partial charge in [0, 0.05) is 43.2 Å². The maximum atomic E-state index is 13.7. The molecule has 11 nitrogen and oxygen atoms in total. The van der Waals surface area contributed by atoms with Crippen LogP contribution in [0.3, 0.4) is 0 Å². The smallest absolute Gasteiger partial charge is 0.410 e. The summed E-state index contributed by atoms with van der Waals surface area (Å²) < 4.78 is 38.4. The number of morpholine rings is 1. The first-order valence-corrected chi connectivity index (χ1v) is 16.3. The van der Waals surface area contributed by atoms with Crippen LogP contribution in [0, 0.1) is 5.92 Å². The van der Waals surface area contributed by atoms with Gasteiger partial charge in [0.25, 0.3) is 11.8 Å². The van der Waals surface area contributed by atoms with Gasteiger partial charge in [-0.25, -0.2) is 13.2 Å². The lowest BCUT2D eigenvalue weighted by Gasteiger charge is -2.30. The van der Waals surface area contributed by atoms with E-state index in [1.807, 2.05) is 6.92 Å². The van der Waals surface area contributed by atoms with Crippen molar-refractivity contribution in [2.24, 2.45) is 5.92 Å². The van der Waals surface area contributed by atoms with E-state index in [9.17, 15) is 22.8 Å². The van der Waals surface area contributed by atoms with E-state index in [-0.39, 0.29) is 23.0 Å². The zero-order valence-electron chi connectivity index (χ0n) is 23.4. The average molecular weight is 605 g/mol. The van der Waals surface area contributed by atoms with Crippen molar-refractivity contribution in [3.05, 3.63) is 45.8 Å². The van der Waals surface area contributed by atoms with Crippen LogP contribution in [0.25, 0.3) is 0 Å². The van der Waals surface area contributed by atoms with Gasteiger partial charge in [-0.2, -0.15) is 4.31 Å². The summed E-state index contributed by atoms with van der Waals surface area (Å²) in [6.45, 7) is 7.55. The third-order valence-corrected chi connectivity index (χ3v) is 10.7. The van der Waals surface area contributed by atoms with E-state index in [0.717, 1.165) is 23.3 Å². The normalized spacial score (nSPS) is 19.9. The molecule has 3 aliphatic heterocycles. The lowest BCUT2D eigenvalue weighted by Crippen LogP contribution is -2.41. The topological polar surface area (TPSA) is 126 Å². The molecular weight excluding hydrogens is 568 g/mol. The molecule has 13 heteroatoms. The fraction of sp³-hybridized carbons (Fsp3) is 0.536. The minimum Gasteiger partial charge on any atom is -0.450 e. The number of fused-ring (bicyclic) bond motifs is 1. The highest BCUT2D eigenvalue weighted by Crippen LogP contribution is 2.38. The molecule has 2 fully saturated rings. The van der Waals surface area contributed by atoms with Gasteiger partial charge in [0.1, 0.15) is 5.00 Å². The van der Waals surface area contributed by atoms with Crippen LogP contribution in [0.1, 0.15) is 57.8 Å². The first-order valence-electron chi connectivity index (χ1n) is 14.0. The SMILES string of the molecule is CCOC(=O)N1CCc2c(sc(NC(=O)c3ccc(S(=O)(=O)N4CCCC(C)C4)cc3)c2C(=O)N2CCOCC2)C1. The van der Waals surface area contributed by atoms with Gasteiger partial charge in [-0.1, -0.05) is 6.92 Å². The van der Waals surface area contributed by atoms with Gasteiger partial charge in [-0.3, -0.25) is 9.59 Å². The van der Waals surface area contributed by atoms with Crippen molar-refractivity contribution in [3.63, 3.8) is 0 Å².